The molecule has 354 valence electrons. The van der Waals surface area contributed by atoms with Gasteiger partial charge in [-0.05, 0) is 97.2 Å². The Kier molecular flexibility index (Phi) is 12.1. The van der Waals surface area contributed by atoms with Gasteiger partial charge in [0.05, 0.1) is 27.8 Å². The van der Waals surface area contributed by atoms with Crippen LogP contribution in [0.5, 0.6) is 5.75 Å². The Balaban J connectivity index is 0.00000760. The van der Waals surface area contributed by atoms with Crippen molar-refractivity contribution in [3.8, 4) is 67.5 Å². The van der Waals surface area contributed by atoms with E-state index in [0.717, 1.165) is 67.6 Å². The average Bonchev–Trinajstić information content (AvgIpc) is 3.69. The van der Waals surface area contributed by atoms with Gasteiger partial charge in [0.2, 0.25) is 0 Å². The molecular formula is C63H70N3OPt-. The third-order valence-corrected chi connectivity index (χ3v) is 13.4. The third-order valence-electron chi connectivity index (χ3n) is 13.4. The predicted octanol–water partition coefficient (Wildman–Crippen LogP) is 17.1. The molecule has 2 aromatic heterocycles. The van der Waals surface area contributed by atoms with Crippen molar-refractivity contribution in [1.29, 1.82) is 0 Å². The number of nitrogens with zero attached hydrogens (tertiary/aromatic N) is 3. The fourth-order valence-corrected chi connectivity index (χ4v) is 8.61. The number of phenolic OH excluding ortho intramolecular Hbond substituents is 1. The SMILES string of the molecule is [2H]c1c([2H])c(C(C)(C)C)c([2H])c([2H])c1-c1ccnc(-c2[c-]c(-c3cccc4c3nc(-c3cc(C(C)(C)C)cc(C(C)(C)C)c3O)n4-c3ccc(C(C)(C)CC)cc3-c3ccccc3)cc(C(C)(C)C)c2)c1.[Pt]. The van der Waals surface area contributed by atoms with E-state index in [4.69, 9.17) is 15.5 Å². The summed E-state index contributed by atoms with van der Waals surface area (Å²) in [5.74, 6) is 0.832. The number of phenols is 1. The van der Waals surface area contributed by atoms with Crippen molar-refractivity contribution in [2.24, 2.45) is 0 Å². The van der Waals surface area contributed by atoms with Gasteiger partial charge in [-0.15, -0.1) is 29.3 Å². The Morgan fingerprint density at radius 1 is 0.559 bits per heavy atom. The van der Waals surface area contributed by atoms with Crippen molar-refractivity contribution < 1.29 is 31.7 Å². The maximum atomic E-state index is 12.6. The fraction of sp³-hybridized carbons (Fsp3) is 0.333. The van der Waals surface area contributed by atoms with Gasteiger partial charge in [0, 0.05) is 44.1 Å². The Labute approximate surface area is 427 Å². The van der Waals surface area contributed by atoms with Gasteiger partial charge < -0.3 is 5.11 Å². The van der Waals surface area contributed by atoms with E-state index in [1.807, 2.05) is 32.9 Å². The summed E-state index contributed by atoms with van der Waals surface area (Å²) < 4.78 is 38.4. The molecule has 0 aliphatic carbocycles. The van der Waals surface area contributed by atoms with Gasteiger partial charge in [-0.1, -0.05) is 200 Å². The molecule has 0 bridgehead atoms. The Hall–Kier alpha value is -5.57. The van der Waals surface area contributed by atoms with Crippen LogP contribution in [-0.2, 0) is 48.1 Å². The molecule has 2 heterocycles. The van der Waals surface area contributed by atoms with Gasteiger partial charge in [-0.2, -0.15) is 0 Å². The van der Waals surface area contributed by atoms with Crippen LogP contribution in [0.15, 0.2) is 133 Å². The topological polar surface area (TPSA) is 50.9 Å². The number of hydrogen-bond acceptors (Lipinski definition) is 3. The second-order valence-electron chi connectivity index (χ2n) is 23.1. The minimum atomic E-state index is -0.577. The monoisotopic (exact) mass is 1080 g/mol. The summed E-state index contributed by atoms with van der Waals surface area (Å²) in [6.07, 6.45) is 2.64. The van der Waals surface area contributed by atoms with Gasteiger partial charge in [0.25, 0.3) is 0 Å². The number of benzene rings is 6. The molecule has 8 rings (SSSR count). The number of imidazole rings is 1. The van der Waals surface area contributed by atoms with E-state index in [1.54, 1.807) is 12.3 Å². The van der Waals surface area contributed by atoms with Crippen LogP contribution >= 0.6 is 0 Å². The first-order valence-corrected chi connectivity index (χ1v) is 23.8. The largest absolute Gasteiger partial charge is 0.507 e. The first-order chi connectivity index (χ1) is 33.0. The van der Waals surface area contributed by atoms with E-state index in [0.29, 0.717) is 28.2 Å². The summed E-state index contributed by atoms with van der Waals surface area (Å²) in [6.45, 7) is 32.1. The van der Waals surface area contributed by atoms with E-state index >= 15 is 0 Å². The number of pyridine rings is 1. The summed E-state index contributed by atoms with van der Waals surface area (Å²) >= 11 is 0. The summed E-state index contributed by atoms with van der Waals surface area (Å²) in [6, 6.07) is 39.3. The van der Waals surface area contributed by atoms with Gasteiger partial charge >= 0.3 is 0 Å². The zero-order valence-corrected chi connectivity index (χ0v) is 45.0. The van der Waals surface area contributed by atoms with Gasteiger partial charge in [0.1, 0.15) is 11.6 Å². The summed E-state index contributed by atoms with van der Waals surface area (Å²) in [4.78, 5) is 10.5. The molecule has 8 aromatic rings. The third kappa shape index (κ3) is 9.95. The van der Waals surface area contributed by atoms with Crippen molar-refractivity contribution >= 4 is 11.0 Å². The van der Waals surface area contributed by atoms with E-state index in [-0.39, 0.29) is 78.2 Å². The van der Waals surface area contributed by atoms with Crippen LogP contribution in [0.4, 0.5) is 0 Å². The number of aromatic nitrogens is 3. The molecule has 1 N–H and O–H groups in total. The molecule has 0 aliphatic rings. The van der Waals surface area contributed by atoms with Gasteiger partial charge in [0.15, 0.2) is 0 Å². The Bertz CT molecular complexity index is 3330. The predicted molar refractivity (Wildman–Crippen MR) is 285 cm³/mol. The van der Waals surface area contributed by atoms with Gasteiger partial charge in [-0.3, -0.25) is 9.55 Å². The van der Waals surface area contributed by atoms with Crippen LogP contribution in [0.1, 0.15) is 144 Å². The fourth-order valence-electron chi connectivity index (χ4n) is 8.61. The van der Waals surface area contributed by atoms with Crippen molar-refractivity contribution in [3.63, 3.8) is 0 Å². The molecule has 0 spiro atoms. The number of fused-ring (bicyclic) bond motifs is 1. The van der Waals surface area contributed by atoms with Crippen LogP contribution in [0.2, 0.25) is 0 Å². The molecule has 0 unspecified atom stereocenters. The minimum Gasteiger partial charge on any atom is -0.507 e. The summed E-state index contributed by atoms with van der Waals surface area (Å²) in [7, 11) is 0. The van der Waals surface area contributed by atoms with Crippen LogP contribution in [0.25, 0.3) is 72.7 Å². The number of para-hydroxylation sites is 1. The molecule has 5 heteroatoms. The second kappa shape index (κ2) is 18.4. The average molecular weight is 1080 g/mol. The minimum absolute atomic E-state index is 0. The smallest absolute Gasteiger partial charge is 0.148 e. The van der Waals surface area contributed by atoms with Crippen LogP contribution < -0.4 is 0 Å². The van der Waals surface area contributed by atoms with Crippen molar-refractivity contribution in [1.82, 2.24) is 14.5 Å². The molecule has 4 nitrogen and oxygen atoms in total. The van der Waals surface area contributed by atoms with E-state index < -0.39 is 5.41 Å². The van der Waals surface area contributed by atoms with Crippen molar-refractivity contribution in [2.75, 3.05) is 0 Å². The molecule has 0 saturated heterocycles. The maximum Gasteiger partial charge on any atom is 0.148 e. The quantitative estimate of drug-likeness (QED) is 0.154. The molecule has 0 aliphatic heterocycles. The molecule has 0 fully saturated rings. The van der Waals surface area contributed by atoms with Crippen molar-refractivity contribution in [3.05, 3.63) is 167 Å². The summed E-state index contributed by atoms with van der Waals surface area (Å²) in [5, 5.41) is 12.6. The normalized spacial score (nSPS) is 13.5. The maximum absolute atomic E-state index is 12.6. The van der Waals surface area contributed by atoms with Gasteiger partial charge in [-0.25, -0.2) is 4.98 Å². The number of hydrogen-bond donors (Lipinski definition) is 1. The molecule has 0 saturated carbocycles. The molecule has 0 radical (unpaired) electrons. The molecule has 68 heavy (non-hydrogen) atoms. The van der Waals surface area contributed by atoms with Crippen molar-refractivity contribution in [2.45, 2.75) is 137 Å². The van der Waals surface area contributed by atoms with Crippen LogP contribution in [0, 0.1) is 6.07 Å². The zero-order valence-electron chi connectivity index (χ0n) is 46.7. The second-order valence-corrected chi connectivity index (χ2v) is 23.1. The standard InChI is InChI=1S/C63H70N3O.Pt/c1-16-63(14,15)46-29-30-54(50(37-46)41-21-18-17-19-22-41)66-55-24-20-23-49(56(55)65-58(66)51-38-48(61(8,9)10)39-52(57(51)67)62(11,12)13)43-33-44(35-47(34-43)60(5,6)7)53-36-42(31-32-64-53)40-25-27-45(28-26-40)59(2,3)4;/h17-32,34-39,67H,16H2,1-15H3;/q-1;/i25D,26D,27D,28D;. The molecular weight excluding hydrogens is 1010 g/mol. The molecule has 0 atom stereocenters. The van der Waals surface area contributed by atoms with Crippen LogP contribution in [-0.4, -0.2) is 19.6 Å². The summed E-state index contributed by atoms with van der Waals surface area (Å²) in [5.41, 5.74) is 12.2. The van der Waals surface area contributed by atoms with E-state index in [1.165, 1.54) is 5.56 Å². The Morgan fingerprint density at radius 3 is 1.79 bits per heavy atom. The first-order valence-electron chi connectivity index (χ1n) is 25.8. The number of rotatable bonds is 8. The van der Waals surface area contributed by atoms with E-state index in [9.17, 15) is 5.11 Å². The van der Waals surface area contributed by atoms with Crippen LogP contribution in [0.3, 0.4) is 0 Å². The first kappa shape index (κ1) is 44.9. The zero-order chi connectivity index (χ0) is 51.9. The van der Waals surface area contributed by atoms with E-state index in [2.05, 4.69) is 179 Å². The molecule has 6 aromatic carbocycles. The molecule has 0 amide bonds. The Morgan fingerprint density at radius 2 is 1.18 bits per heavy atom. The number of aromatic hydroxyl groups is 1.